The molecule has 5 fully saturated rings. The fourth-order valence-electron chi connectivity index (χ4n) is 7.82. The highest BCUT2D eigenvalue weighted by molar-refractivity contribution is 5.91. The molecule has 0 N–H and O–H groups in total. The Kier molecular flexibility index (Phi) is 2.52. The van der Waals surface area contributed by atoms with Crippen molar-refractivity contribution in [2.75, 3.05) is 0 Å². The van der Waals surface area contributed by atoms with E-state index in [2.05, 4.69) is 13.8 Å². The third kappa shape index (κ3) is 1.55. The standard InChI is InChI=1S/C21H28O3/c1-19-9-7-13(22)11-12(19)3-4-14-15-5-6-17(21-18(23-21)24-21)20(15,2)10-8-16(14)19/h11,14-18H,3-10H2,1-2H3/t14-,15-,16-,17-,18?,19-,20-,21?/m0/s1. The first-order valence-electron chi connectivity index (χ1n) is 10.1. The number of carbonyl (C=O) groups excluding carboxylic acids is 1. The number of hydrogen-bond donors (Lipinski definition) is 0. The highest BCUT2D eigenvalue weighted by Crippen LogP contribution is 2.74. The molecular weight excluding hydrogens is 300 g/mol. The zero-order valence-corrected chi connectivity index (χ0v) is 14.8. The van der Waals surface area contributed by atoms with E-state index < -0.39 is 0 Å². The molecule has 2 heterocycles. The van der Waals surface area contributed by atoms with Crippen LogP contribution in [0.5, 0.6) is 0 Å². The fraction of sp³-hybridized carbons (Fsp3) is 0.857. The highest BCUT2D eigenvalue weighted by atomic mass is 17.0. The van der Waals surface area contributed by atoms with Crippen molar-refractivity contribution in [3.05, 3.63) is 11.6 Å². The summed E-state index contributed by atoms with van der Waals surface area (Å²) in [5.74, 6) is 3.31. The minimum absolute atomic E-state index is 0.142. The van der Waals surface area contributed by atoms with Gasteiger partial charge in [0.15, 0.2) is 5.78 Å². The van der Waals surface area contributed by atoms with Gasteiger partial charge in [-0.25, -0.2) is 0 Å². The molecule has 24 heavy (non-hydrogen) atoms. The summed E-state index contributed by atoms with van der Waals surface area (Å²) in [6, 6.07) is 0. The molecule has 130 valence electrons. The van der Waals surface area contributed by atoms with Crippen LogP contribution in [0.1, 0.15) is 65.2 Å². The van der Waals surface area contributed by atoms with Crippen LogP contribution >= 0.6 is 0 Å². The van der Waals surface area contributed by atoms with E-state index in [4.69, 9.17) is 9.47 Å². The van der Waals surface area contributed by atoms with E-state index in [1.54, 1.807) is 0 Å². The summed E-state index contributed by atoms with van der Waals surface area (Å²) in [4.78, 5) is 11.9. The Bertz CT molecular complexity index is 660. The molecule has 0 amide bonds. The predicted octanol–water partition coefficient (Wildman–Crippen LogP) is 4.22. The maximum atomic E-state index is 11.9. The summed E-state index contributed by atoms with van der Waals surface area (Å²) in [5.41, 5.74) is 2.19. The van der Waals surface area contributed by atoms with Gasteiger partial charge >= 0.3 is 0 Å². The van der Waals surface area contributed by atoms with Crippen molar-refractivity contribution in [2.24, 2.45) is 34.5 Å². The van der Waals surface area contributed by atoms with Crippen molar-refractivity contribution in [3.63, 3.8) is 0 Å². The van der Waals surface area contributed by atoms with Gasteiger partial charge in [-0.15, -0.1) is 0 Å². The minimum atomic E-state index is -0.142. The number of fused-ring (bicyclic) bond motifs is 6. The number of hydrogen-bond acceptors (Lipinski definition) is 3. The van der Waals surface area contributed by atoms with Gasteiger partial charge in [0, 0.05) is 12.3 Å². The first-order chi connectivity index (χ1) is 11.5. The van der Waals surface area contributed by atoms with Crippen LogP contribution in [0.3, 0.4) is 0 Å². The first kappa shape index (κ1) is 14.5. The van der Waals surface area contributed by atoms with Gasteiger partial charge in [-0.05, 0) is 79.6 Å². The molecule has 2 saturated heterocycles. The van der Waals surface area contributed by atoms with Gasteiger partial charge in [0.05, 0.1) is 0 Å². The summed E-state index contributed by atoms with van der Waals surface area (Å²) in [6.07, 6.45) is 11.8. The van der Waals surface area contributed by atoms with Crippen LogP contribution in [0.25, 0.3) is 0 Å². The molecule has 6 atom stereocenters. The lowest BCUT2D eigenvalue weighted by molar-refractivity contribution is -0.127. The zero-order valence-electron chi connectivity index (χ0n) is 14.8. The number of ether oxygens (including phenoxy) is 2. The van der Waals surface area contributed by atoms with E-state index in [0.717, 1.165) is 37.0 Å². The van der Waals surface area contributed by atoms with E-state index in [1.165, 1.54) is 37.7 Å². The third-order valence-electron chi connectivity index (χ3n) is 9.24. The first-order valence-corrected chi connectivity index (χ1v) is 10.1. The largest absolute Gasteiger partial charge is 0.310 e. The number of epoxide rings is 2. The fourth-order valence-corrected chi connectivity index (χ4v) is 7.82. The van der Waals surface area contributed by atoms with Crippen LogP contribution in [0.4, 0.5) is 0 Å². The number of rotatable bonds is 1. The Hall–Kier alpha value is -0.670. The second kappa shape index (κ2) is 4.17. The topological polar surface area (TPSA) is 42.1 Å². The van der Waals surface area contributed by atoms with Crippen molar-refractivity contribution in [1.29, 1.82) is 0 Å². The molecule has 6 rings (SSSR count). The Balaban J connectivity index is 1.34. The molecule has 2 aliphatic heterocycles. The van der Waals surface area contributed by atoms with E-state index in [0.29, 0.717) is 22.5 Å². The number of allylic oxidation sites excluding steroid dienone is 1. The lowest BCUT2D eigenvalue weighted by Gasteiger charge is -2.58. The van der Waals surface area contributed by atoms with Crippen LogP contribution in [-0.4, -0.2) is 17.9 Å². The number of carbonyl (C=O) groups is 1. The highest BCUT2D eigenvalue weighted by Gasteiger charge is 2.84. The molecule has 0 aromatic carbocycles. The molecule has 3 heteroatoms. The third-order valence-corrected chi connectivity index (χ3v) is 9.24. The molecule has 0 bridgehead atoms. The SMILES string of the molecule is C[C@]12CC[C@H]3[C@@H](CCC4=CC(=O)CC[C@@]43C)[C@@H]1CC[C@@H]2C12OC1O2. The summed E-state index contributed by atoms with van der Waals surface area (Å²) >= 11 is 0. The Morgan fingerprint density at radius 1 is 1.00 bits per heavy atom. The van der Waals surface area contributed by atoms with Gasteiger partial charge in [0.1, 0.15) is 0 Å². The second-order valence-electron chi connectivity index (χ2n) is 9.93. The van der Waals surface area contributed by atoms with Gasteiger partial charge in [-0.2, -0.15) is 0 Å². The van der Waals surface area contributed by atoms with Crippen molar-refractivity contribution in [1.82, 2.24) is 0 Å². The van der Waals surface area contributed by atoms with Crippen LogP contribution in [0, 0.1) is 34.5 Å². The molecule has 3 nitrogen and oxygen atoms in total. The van der Waals surface area contributed by atoms with Gasteiger partial charge in [-0.1, -0.05) is 19.4 Å². The zero-order chi connectivity index (χ0) is 16.3. The van der Waals surface area contributed by atoms with Gasteiger partial charge in [0.2, 0.25) is 12.1 Å². The van der Waals surface area contributed by atoms with E-state index in [-0.39, 0.29) is 12.1 Å². The van der Waals surface area contributed by atoms with Gasteiger partial charge in [-0.3, -0.25) is 4.79 Å². The molecule has 0 spiro atoms. The van der Waals surface area contributed by atoms with Crippen molar-refractivity contribution in [2.45, 2.75) is 77.3 Å². The second-order valence-corrected chi connectivity index (χ2v) is 9.93. The lowest BCUT2D eigenvalue weighted by atomic mass is 9.46. The normalized spacial score (nSPS) is 60.5. The Morgan fingerprint density at radius 2 is 1.79 bits per heavy atom. The van der Waals surface area contributed by atoms with Gasteiger partial charge in [0.25, 0.3) is 0 Å². The summed E-state index contributed by atoms with van der Waals surface area (Å²) in [7, 11) is 0. The monoisotopic (exact) mass is 328 g/mol. The smallest absolute Gasteiger partial charge is 0.229 e. The van der Waals surface area contributed by atoms with Gasteiger partial charge < -0.3 is 9.47 Å². The quantitative estimate of drug-likeness (QED) is 0.677. The maximum absolute atomic E-state index is 11.9. The molecule has 4 aliphatic carbocycles. The average molecular weight is 328 g/mol. The average Bonchev–Trinajstić information content (AvgIpc) is 3.37. The molecule has 0 aromatic rings. The molecule has 0 radical (unpaired) electrons. The van der Waals surface area contributed by atoms with Crippen molar-refractivity contribution >= 4 is 5.78 Å². The van der Waals surface area contributed by atoms with Crippen molar-refractivity contribution in [3.8, 4) is 0 Å². The Morgan fingerprint density at radius 3 is 2.54 bits per heavy atom. The molecule has 0 unspecified atom stereocenters. The molecule has 0 aromatic heterocycles. The van der Waals surface area contributed by atoms with E-state index >= 15 is 0 Å². The molecule has 3 saturated carbocycles. The summed E-state index contributed by atoms with van der Waals surface area (Å²) < 4.78 is 11.6. The van der Waals surface area contributed by atoms with Crippen LogP contribution in [-0.2, 0) is 14.3 Å². The van der Waals surface area contributed by atoms with E-state index in [1.807, 2.05) is 6.08 Å². The Labute approximate surface area is 144 Å². The lowest BCUT2D eigenvalue weighted by Crippen LogP contribution is -2.51. The summed E-state index contributed by atoms with van der Waals surface area (Å²) in [5, 5.41) is 0. The minimum Gasteiger partial charge on any atom is -0.310 e. The van der Waals surface area contributed by atoms with Crippen LogP contribution in [0.15, 0.2) is 11.6 Å². The predicted molar refractivity (Wildman–Crippen MR) is 88.9 cm³/mol. The van der Waals surface area contributed by atoms with Crippen LogP contribution < -0.4 is 0 Å². The van der Waals surface area contributed by atoms with Crippen LogP contribution in [0.2, 0.25) is 0 Å². The van der Waals surface area contributed by atoms with E-state index in [9.17, 15) is 4.79 Å². The van der Waals surface area contributed by atoms with Crippen molar-refractivity contribution < 1.29 is 14.3 Å². The maximum Gasteiger partial charge on any atom is 0.229 e. The molecular formula is C21H28O3. The molecule has 6 aliphatic rings. The summed E-state index contributed by atoms with van der Waals surface area (Å²) in [6.45, 7) is 5.01. The number of ketones is 1.